The van der Waals surface area contributed by atoms with E-state index in [1.807, 2.05) is 24.3 Å². The fraction of sp³-hybridized carbons (Fsp3) is 0.273. The van der Waals surface area contributed by atoms with Crippen molar-refractivity contribution in [2.45, 2.75) is 6.92 Å². The Labute approximate surface area is 93.5 Å². The van der Waals surface area contributed by atoms with Gasteiger partial charge < -0.3 is 4.74 Å². The highest BCUT2D eigenvalue weighted by Gasteiger charge is 1.97. The average Bonchev–Trinajstić information content (AvgIpc) is 2.24. The van der Waals surface area contributed by atoms with Gasteiger partial charge in [-0.2, -0.15) is 0 Å². The van der Waals surface area contributed by atoms with Crippen molar-refractivity contribution in [2.75, 3.05) is 12.9 Å². The van der Waals surface area contributed by atoms with Crippen molar-refractivity contribution in [1.29, 1.82) is 0 Å². The van der Waals surface area contributed by atoms with E-state index < -0.39 is 0 Å². The molecule has 0 unspecified atom stereocenters. The predicted molar refractivity (Wildman–Crippen MR) is 63.0 cm³/mol. The van der Waals surface area contributed by atoms with Crippen LogP contribution in [0.4, 0.5) is 0 Å². The molecule has 0 fully saturated rings. The van der Waals surface area contributed by atoms with Gasteiger partial charge in [-0.25, -0.2) is 0 Å². The maximum Gasteiger partial charge on any atom is 0.186 e. The van der Waals surface area contributed by atoms with Gasteiger partial charge in [0.15, 0.2) is 5.12 Å². The molecule has 1 aromatic rings. The normalized spacial score (nSPS) is 10.5. The zero-order valence-corrected chi connectivity index (χ0v) is 9.58. The van der Waals surface area contributed by atoms with Crippen LogP contribution < -0.4 is 4.74 Å². The Hall–Kier alpha value is -1.29. The second-order valence-electron chi connectivity index (χ2n) is 2.80. The van der Waals surface area contributed by atoms with Gasteiger partial charge in [0.25, 0.3) is 0 Å². The Morgan fingerprint density at radius 3 is 3.13 bits per heavy atom. The summed E-state index contributed by atoms with van der Waals surface area (Å²) in [7, 11) is 1.61. The first-order valence-corrected chi connectivity index (χ1v) is 5.51. The molecule has 0 amide bonds. The fourth-order valence-corrected chi connectivity index (χ4v) is 1.45. The quantitative estimate of drug-likeness (QED) is 0.785. The molecular formula is C11H13NO2S. The minimum absolute atomic E-state index is 0.118. The van der Waals surface area contributed by atoms with Gasteiger partial charge in [0, 0.05) is 18.9 Å². The van der Waals surface area contributed by atoms with Crippen molar-refractivity contribution in [3.05, 3.63) is 30.1 Å². The van der Waals surface area contributed by atoms with Gasteiger partial charge in [0.2, 0.25) is 0 Å². The Morgan fingerprint density at radius 1 is 1.67 bits per heavy atom. The Bertz CT molecular complexity index is 363. The number of methoxy groups -OCH3 is 1. The molecule has 0 saturated heterocycles. The van der Waals surface area contributed by atoms with Crippen LogP contribution in [0.15, 0.2) is 24.4 Å². The van der Waals surface area contributed by atoms with Gasteiger partial charge >= 0.3 is 0 Å². The lowest BCUT2D eigenvalue weighted by molar-refractivity contribution is -0.109. The summed E-state index contributed by atoms with van der Waals surface area (Å²) in [5.74, 6) is 1.40. The zero-order chi connectivity index (χ0) is 11.1. The molecule has 0 aliphatic heterocycles. The summed E-state index contributed by atoms with van der Waals surface area (Å²) in [6, 6.07) is 3.67. The van der Waals surface area contributed by atoms with E-state index in [1.54, 1.807) is 20.2 Å². The highest BCUT2D eigenvalue weighted by molar-refractivity contribution is 8.13. The molecule has 1 rings (SSSR count). The van der Waals surface area contributed by atoms with Crippen LogP contribution in [0.3, 0.4) is 0 Å². The van der Waals surface area contributed by atoms with E-state index >= 15 is 0 Å². The number of hydrogen-bond acceptors (Lipinski definition) is 4. The second-order valence-corrected chi connectivity index (χ2v) is 3.99. The molecule has 1 aromatic heterocycles. The highest BCUT2D eigenvalue weighted by Crippen LogP contribution is 2.16. The van der Waals surface area contributed by atoms with E-state index in [0.717, 1.165) is 11.4 Å². The molecule has 4 heteroatoms. The van der Waals surface area contributed by atoms with Gasteiger partial charge in [-0.1, -0.05) is 17.8 Å². The molecule has 0 saturated carbocycles. The van der Waals surface area contributed by atoms with Crippen LogP contribution in [-0.4, -0.2) is 23.0 Å². The molecule has 80 valence electrons. The summed E-state index contributed by atoms with van der Waals surface area (Å²) in [6.45, 7) is 1.56. The van der Waals surface area contributed by atoms with Gasteiger partial charge in [0.05, 0.1) is 7.11 Å². The Balaban J connectivity index is 2.59. The number of ether oxygens (including phenoxy) is 1. The van der Waals surface area contributed by atoms with Gasteiger partial charge in [0.1, 0.15) is 11.4 Å². The standard InChI is InChI=1S/C11H13NO2S/c1-9(13)15-8-4-5-10-11(14-2)6-3-7-12-10/h3-7H,8H2,1-2H3. The maximum atomic E-state index is 10.7. The van der Waals surface area contributed by atoms with Gasteiger partial charge in [-0.3, -0.25) is 9.78 Å². The highest BCUT2D eigenvalue weighted by atomic mass is 32.2. The third kappa shape index (κ3) is 4.16. The summed E-state index contributed by atoms with van der Waals surface area (Å²) in [5.41, 5.74) is 0.782. The number of carbonyl (C=O) groups excluding carboxylic acids is 1. The summed E-state index contributed by atoms with van der Waals surface area (Å²) < 4.78 is 5.14. The third-order valence-electron chi connectivity index (χ3n) is 1.68. The minimum Gasteiger partial charge on any atom is -0.494 e. The summed E-state index contributed by atoms with van der Waals surface area (Å²) in [4.78, 5) is 14.8. The van der Waals surface area contributed by atoms with Crippen molar-refractivity contribution in [3.63, 3.8) is 0 Å². The summed E-state index contributed by atoms with van der Waals surface area (Å²) >= 11 is 1.27. The lowest BCUT2D eigenvalue weighted by Crippen LogP contribution is -1.89. The lowest BCUT2D eigenvalue weighted by Gasteiger charge is -2.01. The third-order valence-corrected chi connectivity index (χ3v) is 2.44. The van der Waals surface area contributed by atoms with Crippen molar-refractivity contribution in [2.24, 2.45) is 0 Å². The first-order chi connectivity index (χ1) is 7.24. The van der Waals surface area contributed by atoms with Crippen molar-refractivity contribution in [1.82, 2.24) is 4.98 Å². The van der Waals surface area contributed by atoms with Crippen LogP contribution in [0.5, 0.6) is 5.75 Å². The van der Waals surface area contributed by atoms with E-state index in [1.165, 1.54) is 11.8 Å². The van der Waals surface area contributed by atoms with Gasteiger partial charge in [-0.15, -0.1) is 0 Å². The maximum absolute atomic E-state index is 10.7. The molecule has 3 nitrogen and oxygen atoms in total. The van der Waals surface area contributed by atoms with E-state index in [9.17, 15) is 4.79 Å². The number of nitrogens with zero attached hydrogens (tertiary/aromatic N) is 1. The number of hydrogen-bond donors (Lipinski definition) is 0. The van der Waals surface area contributed by atoms with Crippen molar-refractivity contribution < 1.29 is 9.53 Å². The Kier molecular flexibility index (Phi) is 4.90. The molecule has 0 spiro atoms. The van der Waals surface area contributed by atoms with Crippen molar-refractivity contribution in [3.8, 4) is 5.75 Å². The van der Waals surface area contributed by atoms with Crippen LogP contribution in [0.1, 0.15) is 12.6 Å². The molecule has 0 radical (unpaired) electrons. The molecule has 0 N–H and O–H groups in total. The van der Waals surface area contributed by atoms with Gasteiger partial charge in [-0.05, 0) is 18.2 Å². The van der Waals surface area contributed by atoms with Crippen molar-refractivity contribution >= 4 is 23.0 Å². The molecule has 0 aliphatic carbocycles. The second kappa shape index (κ2) is 6.24. The monoisotopic (exact) mass is 223 g/mol. The Morgan fingerprint density at radius 2 is 2.47 bits per heavy atom. The zero-order valence-electron chi connectivity index (χ0n) is 8.77. The molecule has 15 heavy (non-hydrogen) atoms. The van der Waals surface area contributed by atoms with Crippen LogP contribution in [0, 0.1) is 0 Å². The number of aromatic nitrogens is 1. The summed E-state index contributed by atoms with van der Waals surface area (Å²) in [5, 5.41) is 0.118. The molecule has 1 heterocycles. The van der Waals surface area contributed by atoms with E-state index in [2.05, 4.69) is 4.98 Å². The first kappa shape index (κ1) is 11.8. The van der Waals surface area contributed by atoms with E-state index in [0.29, 0.717) is 5.75 Å². The van der Waals surface area contributed by atoms with Crippen LogP contribution in [0.25, 0.3) is 6.08 Å². The predicted octanol–water partition coefficient (Wildman–Crippen LogP) is 2.38. The first-order valence-electron chi connectivity index (χ1n) is 4.53. The number of pyridine rings is 1. The summed E-state index contributed by atoms with van der Waals surface area (Å²) in [6.07, 6.45) is 5.46. The topological polar surface area (TPSA) is 39.2 Å². The molecular weight excluding hydrogens is 210 g/mol. The molecule has 0 bridgehead atoms. The van der Waals surface area contributed by atoms with Crippen LogP contribution in [0.2, 0.25) is 0 Å². The average molecular weight is 223 g/mol. The largest absolute Gasteiger partial charge is 0.494 e. The number of carbonyl (C=O) groups is 1. The van der Waals surface area contributed by atoms with E-state index in [-0.39, 0.29) is 5.12 Å². The fourth-order valence-electron chi connectivity index (χ4n) is 1.03. The SMILES string of the molecule is COc1cccnc1C=CCSC(C)=O. The number of rotatable bonds is 4. The molecule has 0 atom stereocenters. The van der Waals surface area contributed by atoms with Crippen LogP contribution >= 0.6 is 11.8 Å². The van der Waals surface area contributed by atoms with Crippen LogP contribution in [-0.2, 0) is 4.79 Å². The molecule has 0 aromatic carbocycles. The number of thioether (sulfide) groups is 1. The molecule has 0 aliphatic rings. The smallest absolute Gasteiger partial charge is 0.186 e. The van der Waals surface area contributed by atoms with E-state index in [4.69, 9.17) is 4.74 Å². The minimum atomic E-state index is 0.118. The lowest BCUT2D eigenvalue weighted by atomic mass is 10.3.